The zero-order chi connectivity index (χ0) is 29.0. The maximum Gasteiger partial charge on any atom is 0.308 e. The molecule has 3 amide bonds. The van der Waals surface area contributed by atoms with E-state index in [1.54, 1.807) is 36.4 Å². The van der Waals surface area contributed by atoms with Crippen molar-refractivity contribution in [2.45, 2.75) is 22.7 Å². The third-order valence-electron chi connectivity index (χ3n) is 7.63. The molecule has 3 unspecified atom stereocenters. The zero-order valence-corrected chi connectivity index (χ0v) is 24.3. The lowest BCUT2D eigenvalue weighted by atomic mass is 9.83. The molecule has 0 bridgehead atoms. The molecule has 5 aromatic rings. The van der Waals surface area contributed by atoms with Gasteiger partial charge in [-0.1, -0.05) is 95.4 Å². The van der Waals surface area contributed by atoms with Crippen molar-refractivity contribution in [3.8, 4) is 0 Å². The Balaban J connectivity index is 1.26. The number of aromatic nitrogens is 1. The number of thiazole rings is 1. The minimum Gasteiger partial charge on any atom is -0.325 e. The van der Waals surface area contributed by atoms with Gasteiger partial charge in [0.15, 0.2) is 0 Å². The minimum atomic E-state index is -0.755. The van der Waals surface area contributed by atoms with Crippen molar-refractivity contribution >= 4 is 74.6 Å². The molecule has 7 nitrogen and oxygen atoms in total. The van der Waals surface area contributed by atoms with Crippen molar-refractivity contribution in [2.75, 3.05) is 10.2 Å². The highest BCUT2D eigenvalue weighted by Crippen LogP contribution is 2.53. The van der Waals surface area contributed by atoms with E-state index in [4.69, 9.17) is 11.6 Å². The Bertz CT molecular complexity index is 1940. The van der Waals surface area contributed by atoms with Crippen molar-refractivity contribution in [3.63, 3.8) is 0 Å². The number of carbonyl (C=O) groups excluding carboxylic acids is 3. The number of hydrogen-bond acceptors (Lipinski definition) is 6. The van der Waals surface area contributed by atoms with Gasteiger partial charge in [-0.05, 0) is 52.7 Å². The minimum absolute atomic E-state index is 0.222. The molecule has 0 saturated carbocycles. The van der Waals surface area contributed by atoms with E-state index in [-0.39, 0.29) is 29.1 Å². The lowest BCUT2D eigenvalue weighted by Crippen LogP contribution is -2.33. The maximum absolute atomic E-state index is 13.9. The number of carbonyl (C=O) groups is 3. The summed E-state index contributed by atoms with van der Waals surface area (Å²) >= 11 is 8.38. The highest BCUT2D eigenvalue weighted by molar-refractivity contribution is 8.00. The summed E-state index contributed by atoms with van der Waals surface area (Å²) in [6, 6.07) is 29.5. The van der Waals surface area contributed by atoms with Gasteiger partial charge in [0.2, 0.25) is 17.7 Å². The second-order valence-corrected chi connectivity index (χ2v) is 12.7. The van der Waals surface area contributed by atoms with Crippen LogP contribution in [0, 0.1) is 5.92 Å². The molecule has 1 fully saturated rings. The van der Waals surface area contributed by atoms with Crippen molar-refractivity contribution in [2.24, 2.45) is 5.92 Å². The van der Waals surface area contributed by atoms with Crippen molar-refractivity contribution in [1.29, 1.82) is 0 Å². The Morgan fingerprint density at radius 2 is 1.55 bits per heavy atom. The van der Waals surface area contributed by atoms with Crippen LogP contribution in [0.25, 0.3) is 10.8 Å². The fraction of sp³-hybridized carbons (Fsp3) is 0.125. The average molecular weight is 612 g/mol. The molecule has 0 radical (unpaired) electrons. The third-order valence-corrected chi connectivity index (χ3v) is 10.5. The summed E-state index contributed by atoms with van der Waals surface area (Å²) < 4.78 is 1.42. The molecular formula is C32H22ClN3O4S2. The predicted molar refractivity (Wildman–Crippen MR) is 167 cm³/mol. The molecule has 208 valence electrons. The first kappa shape index (κ1) is 26.7. The van der Waals surface area contributed by atoms with Crippen LogP contribution in [0.15, 0.2) is 107 Å². The van der Waals surface area contributed by atoms with E-state index in [0.29, 0.717) is 26.3 Å². The SMILES string of the molecule is O=C(Cn1c2c(sc1=O)C(c1ccc(Cl)cc1)C1C(=O)N(c3ccccc3)C(=O)C1S2)Nc1ccc2ccccc2c1. The number of hydrogen-bond donors (Lipinski definition) is 1. The molecule has 4 aromatic carbocycles. The number of imide groups is 1. The van der Waals surface area contributed by atoms with Gasteiger partial charge in [0.1, 0.15) is 11.8 Å². The van der Waals surface area contributed by atoms with Crippen LogP contribution in [0.1, 0.15) is 16.4 Å². The zero-order valence-electron chi connectivity index (χ0n) is 21.9. The van der Waals surface area contributed by atoms with E-state index in [9.17, 15) is 19.2 Å². The number of thioether (sulfide) groups is 1. The molecule has 0 aliphatic carbocycles. The Kier molecular flexibility index (Phi) is 6.73. The highest BCUT2D eigenvalue weighted by atomic mass is 35.5. The van der Waals surface area contributed by atoms with Crippen molar-refractivity contribution in [3.05, 3.63) is 122 Å². The number of rotatable bonds is 5. The largest absolute Gasteiger partial charge is 0.325 e. The Morgan fingerprint density at radius 3 is 2.31 bits per heavy atom. The number of halogens is 1. The number of fused-ring (bicyclic) bond motifs is 3. The number of benzene rings is 4. The molecule has 3 heterocycles. The number of amides is 3. The van der Waals surface area contributed by atoms with Crippen LogP contribution < -0.4 is 15.1 Å². The lowest BCUT2D eigenvalue weighted by molar-refractivity contribution is -0.122. The van der Waals surface area contributed by atoms with E-state index in [2.05, 4.69) is 5.32 Å². The monoisotopic (exact) mass is 611 g/mol. The van der Waals surface area contributed by atoms with Gasteiger partial charge in [0.25, 0.3) is 0 Å². The number of para-hydroxylation sites is 1. The Hall–Kier alpha value is -4.18. The lowest BCUT2D eigenvalue weighted by Gasteiger charge is -2.30. The van der Waals surface area contributed by atoms with E-state index in [1.165, 1.54) is 21.2 Å². The second-order valence-electron chi connectivity index (χ2n) is 10.2. The standard InChI is InChI=1S/C32H22ClN3O4S2/c33-21-13-10-19(11-14-21)25-26-27(30(39)36(29(26)38)23-8-2-1-3-9-23)41-31-28(25)42-32(40)35(31)17-24(37)34-22-15-12-18-6-4-5-7-20(18)16-22/h1-16,25-27H,17H2,(H,34,37). The van der Waals surface area contributed by atoms with Crippen molar-refractivity contribution < 1.29 is 14.4 Å². The highest BCUT2D eigenvalue weighted by Gasteiger charge is 2.56. The van der Waals surface area contributed by atoms with Crippen LogP contribution in [0.3, 0.4) is 0 Å². The average Bonchev–Trinajstić information content (AvgIpc) is 3.44. The van der Waals surface area contributed by atoms with Gasteiger partial charge in [-0.25, -0.2) is 4.90 Å². The van der Waals surface area contributed by atoms with Gasteiger partial charge in [-0.3, -0.25) is 23.7 Å². The van der Waals surface area contributed by atoms with Crippen LogP contribution >= 0.6 is 34.7 Å². The summed E-state index contributed by atoms with van der Waals surface area (Å²) in [6.45, 7) is -0.222. The Morgan fingerprint density at radius 1 is 0.833 bits per heavy atom. The first-order valence-corrected chi connectivity index (χ1v) is 15.3. The van der Waals surface area contributed by atoms with E-state index < -0.39 is 17.1 Å². The summed E-state index contributed by atoms with van der Waals surface area (Å²) in [6.07, 6.45) is 0. The fourth-order valence-electron chi connectivity index (χ4n) is 5.73. The summed E-state index contributed by atoms with van der Waals surface area (Å²) in [4.78, 5) is 55.8. The van der Waals surface area contributed by atoms with Crippen LogP contribution in [0.4, 0.5) is 11.4 Å². The van der Waals surface area contributed by atoms with E-state index in [1.807, 2.05) is 60.7 Å². The topological polar surface area (TPSA) is 88.5 Å². The van der Waals surface area contributed by atoms with Gasteiger partial charge >= 0.3 is 4.87 Å². The van der Waals surface area contributed by atoms with Crippen LogP contribution in [-0.2, 0) is 20.9 Å². The summed E-state index contributed by atoms with van der Waals surface area (Å²) in [5.41, 5.74) is 1.91. The molecule has 2 aliphatic heterocycles. The molecule has 10 heteroatoms. The number of nitrogens with zero attached hydrogens (tertiary/aromatic N) is 2. The first-order valence-electron chi connectivity index (χ1n) is 13.3. The molecule has 1 N–H and O–H groups in total. The number of anilines is 2. The summed E-state index contributed by atoms with van der Waals surface area (Å²) in [7, 11) is 0. The molecular weight excluding hydrogens is 590 g/mol. The molecule has 42 heavy (non-hydrogen) atoms. The molecule has 0 spiro atoms. The molecule has 1 aromatic heterocycles. The first-order chi connectivity index (χ1) is 20.4. The van der Waals surface area contributed by atoms with Crippen LogP contribution in [0.2, 0.25) is 5.02 Å². The van der Waals surface area contributed by atoms with Crippen LogP contribution in [0.5, 0.6) is 0 Å². The van der Waals surface area contributed by atoms with Crippen molar-refractivity contribution in [1.82, 2.24) is 4.57 Å². The molecule has 7 rings (SSSR count). The molecule has 1 saturated heterocycles. The van der Waals surface area contributed by atoms with Gasteiger partial charge in [-0.2, -0.15) is 0 Å². The normalized spacial score (nSPS) is 19.5. The van der Waals surface area contributed by atoms with E-state index in [0.717, 1.165) is 27.7 Å². The Labute approximate surface area is 253 Å². The fourth-order valence-corrected chi connectivity index (χ4v) is 8.63. The summed E-state index contributed by atoms with van der Waals surface area (Å²) in [5.74, 6) is -2.27. The smallest absolute Gasteiger partial charge is 0.308 e. The quantitative estimate of drug-likeness (QED) is 0.241. The van der Waals surface area contributed by atoms with Crippen LogP contribution in [-0.4, -0.2) is 27.5 Å². The van der Waals surface area contributed by atoms with Gasteiger partial charge in [0, 0.05) is 21.5 Å². The third kappa shape index (κ3) is 4.54. The second kappa shape index (κ2) is 10.6. The molecule has 2 aliphatic rings. The van der Waals surface area contributed by atoms with Gasteiger partial charge < -0.3 is 5.32 Å². The van der Waals surface area contributed by atoms with Gasteiger partial charge in [0.05, 0.1) is 16.6 Å². The molecule has 3 atom stereocenters. The predicted octanol–water partition coefficient (Wildman–Crippen LogP) is 6.15. The number of nitrogens with one attached hydrogen (secondary N) is 1. The maximum atomic E-state index is 13.9. The summed E-state index contributed by atoms with van der Waals surface area (Å²) in [5, 5.41) is 5.26. The van der Waals surface area contributed by atoms with E-state index >= 15 is 0 Å². The van der Waals surface area contributed by atoms with Gasteiger partial charge in [-0.15, -0.1) is 0 Å².